The van der Waals surface area contributed by atoms with E-state index in [0.717, 1.165) is 56.4 Å². The molecule has 2 heterocycles. The summed E-state index contributed by atoms with van der Waals surface area (Å²) in [6.45, 7) is 9.55. The van der Waals surface area contributed by atoms with Crippen LogP contribution in [-0.4, -0.2) is 29.6 Å². The first kappa shape index (κ1) is 16.7. The molecule has 0 amide bonds. The Kier molecular flexibility index (Phi) is 5.34. The number of nitrogens with zero attached hydrogens (tertiary/aromatic N) is 4. The summed E-state index contributed by atoms with van der Waals surface area (Å²) in [5.41, 5.74) is 2.71. The normalized spacial score (nSPS) is 13.7. The maximum atomic E-state index is 4.75. The standard InChI is InChI=1S/C20H28N4/c1-4-12-23(13-5-2)19-15-20(22-16(3)21-19)24-14-8-10-17-9-6-7-11-18(17)24/h6-7,9,11,15H,4-5,8,10,12-14H2,1-3H3. The Labute approximate surface area is 145 Å². The van der Waals surface area contributed by atoms with Crippen LogP contribution in [0.3, 0.4) is 0 Å². The van der Waals surface area contributed by atoms with Crippen LogP contribution in [0.25, 0.3) is 0 Å². The van der Waals surface area contributed by atoms with Crippen LogP contribution in [0.5, 0.6) is 0 Å². The maximum Gasteiger partial charge on any atom is 0.138 e. The van der Waals surface area contributed by atoms with E-state index in [1.54, 1.807) is 0 Å². The Morgan fingerprint density at radius 1 is 1.08 bits per heavy atom. The molecule has 0 bridgehead atoms. The summed E-state index contributed by atoms with van der Waals surface area (Å²) in [5.74, 6) is 2.94. The summed E-state index contributed by atoms with van der Waals surface area (Å²) in [6.07, 6.45) is 4.58. The maximum absolute atomic E-state index is 4.75. The topological polar surface area (TPSA) is 32.3 Å². The number of aromatic nitrogens is 2. The van der Waals surface area contributed by atoms with E-state index >= 15 is 0 Å². The van der Waals surface area contributed by atoms with Crippen LogP contribution in [-0.2, 0) is 6.42 Å². The molecule has 0 radical (unpaired) electrons. The number of fused-ring (bicyclic) bond motifs is 1. The van der Waals surface area contributed by atoms with Gasteiger partial charge in [0.25, 0.3) is 0 Å². The molecule has 1 aliphatic rings. The lowest BCUT2D eigenvalue weighted by molar-refractivity contribution is 0.725. The predicted molar refractivity (Wildman–Crippen MR) is 101 cm³/mol. The van der Waals surface area contributed by atoms with Crippen LogP contribution in [0.15, 0.2) is 30.3 Å². The van der Waals surface area contributed by atoms with Crippen molar-refractivity contribution in [3.05, 3.63) is 41.7 Å². The van der Waals surface area contributed by atoms with E-state index in [9.17, 15) is 0 Å². The third kappa shape index (κ3) is 3.53. The van der Waals surface area contributed by atoms with Crippen LogP contribution in [0.1, 0.15) is 44.5 Å². The molecule has 0 aliphatic carbocycles. The van der Waals surface area contributed by atoms with Gasteiger partial charge in [-0.3, -0.25) is 0 Å². The average molecular weight is 324 g/mol. The highest BCUT2D eigenvalue weighted by molar-refractivity contribution is 5.67. The molecule has 0 atom stereocenters. The van der Waals surface area contributed by atoms with Gasteiger partial charge in [-0.1, -0.05) is 32.0 Å². The Balaban J connectivity index is 1.97. The third-order valence-electron chi connectivity index (χ3n) is 4.51. The molecule has 1 aromatic carbocycles. The van der Waals surface area contributed by atoms with Crippen LogP contribution < -0.4 is 9.80 Å². The minimum Gasteiger partial charge on any atom is -0.356 e. The van der Waals surface area contributed by atoms with Gasteiger partial charge in [0, 0.05) is 31.4 Å². The molecule has 0 fully saturated rings. The van der Waals surface area contributed by atoms with E-state index in [2.05, 4.69) is 54.0 Å². The second-order valence-electron chi connectivity index (χ2n) is 6.50. The molecular weight excluding hydrogens is 296 g/mol. The molecule has 4 nitrogen and oxygen atoms in total. The zero-order valence-corrected chi connectivity index (χ0v) is 15.1. The molecule has 24 heavy (non-hydrogen) atoms. The fourth-order valence-corrected chi connectivity index (χ4v) is 3.49. The van der Waals surface area contributed by atoms with Gasteiger partial charge in [-0.05, 0) is 44.2 Å². The van der Waals surface area contributed by atoms with Gasteiger partial charge in [0.05, 0.1) is 0 Å². The molecule has 3 rings (SSSR count). The van der Waals surface area contributed by atoms with Crippen LogP contribution in [0, 0.1) is 6.92 Å². The molecule has 0 saturated heterocycles. The van der Waals surface area contributed by atoms with Crippen molar-refractivity contribution in [2.75, 3.05) is 29.4 Å². The lowest BCUT2D eigenvalue weighted by Crippen LogP contribution is -2.28. The monoisotopic (exact) mass is 324 g/mol. The van der Waals surface area contributed by atoms with Gasteiger partial charge >= 0.3 is 0 Å². The Hall–Kier alpha value is -2.10. The van der Waals surface area contributed by atoms with Crippen LogP contribution in [0.4, 0.5) is 17.3 Å². The van der Waals surface area contributed by atoms with E-state index < -0.39 is 0 Å². The van der Waals surface area contributed by atoms with Crippen LogP contribution >= 0.6 is 0 Å². The third-order valence-corrected chi connectivity index (χ3v) is 4.51. The molecule has 2 aromatic rings. The SMILES string of the molecule is CCCN(CCC)c1cc(N2CCCc3ccccc32)nc(C)n1. The van der Waals surface area contributed by atoms with Crippen molar-refractivity contribution in [3.8, 4) is 0 Å². The molecule has 0 spiro atoms. The second kappa shape index (κ2) is 7.65. The molecular formula is C20H28N4. The molecule has 4 heteroatoms. The first-order chi connectivity index (χ1) is 11.7. The Morgan fingerprint density at radius 3 is 2.58 bits per heavy atom. The summed E-state index contributed by atoms with van der Waals surface area (Å²) in [4.78, 5) is 14.2. The highest BCUT2D eigenvalue weighted by Gasteiger charge is 2.20. The first-order valence-electron chi connectivity index (χ1n) is 9.19. The van der Waals surface area contributed by atoms with Crippen molar-refractivity contribution in [3.63, 3.8) is 0 Å². The second-order valence-corrected chi connectivity index (χ2v) is 6.50. The lowest BCUT2D eigenvalue weighted by Gasteiger charge is -2.31. The Morgan fingerprint density at radius 2 is 1.83 bits per heavy atom. The molecule has 0 saturated carbocycles. The van der Waals surface area contributed by atoms with Gasteiger partial charge in [-0.15, -0.1) is 0 Å². The number of benzene rings is 1. The molecule has 0 N–H and O–H groups in total. The number of hydrogen-bond donors (Lipinski definition) is 0. The summed E-state index contributed by atoms with van der Waals surface area (Å²) < 4.78 is 0. The summed E-state index contributed by atoms with van der Waals surface area (Å²) >= 11 is 0. The van der Waals surface area contributed by atoms with Gasteiger partial charge in [0.1, 0.15) is 17.5 Å². The number of hydrogen-bond acceptors (Lipinski definition) is 4. The minimum absolute atomic E-state index is 0.850. The van der Waals surface area contributed by atoms with Gasteiger partial charge in [0.2, 0.25) is 0 Å². The quantitative estimate of drug-likeness (QED) is 0.783. The van der Waals surface area contributed by atoms with Gasteiger partial charge < -0.3 is 9.80 Å². The summed E-state index contributed by atoms with van der Waals surface area (Å²) in [6, 6.07) is 10.9. The van der Waals surface area contributed by atoms with Crippen molar-refractivity contribution >= 4 is 17.3 Å². The zero-order valence-electron chi connectivity index (χ0n) is 15.1. The molecule has 0 unspecified atom stereocenters. The summed E-state index contributed by atoms with van der Waals surface area (Å²) in [5, 5.41) is 0. The predicted octanol–water partition coefficient (Wildman–Crippen LogP) is 4.50. The van der Waals surface area contributed by atoms with Gasteiger partial charge in [-0.25, -0.2) is 9.97 Å². The van der Waals surface area contributed by atoms with E-state index in [1.165, 1.54) is 17.7 Å². The minimum atomic E-state index is 0.850. The Bertz CT molecular complexity index is 677. The smallest absolute Gasteiger partial charge is 0.138 e. The van der Waals surface area contributed by atoms with E-state index in [4.69, 9.17) is 9.97 Å². The van der Waals surface area contributed by atoms with Crippen molar-refractivity contribution in [1.29, 1.82) is 0 Å². The largest absolute Gasteiger partial charge is 0.356 e. The highest BCUT2D eigenvalue weighted by Crippen LogP contribution is 2.33. The lowest BCUT2D eigenvalue weighted by atomic mass is 10.0. The van der Waals surface area contributed by atoms with Crippen LogP contribution in [0.2, 0.25) is 0 Å². The van der Waals surface area contributed by atoms with Gasteiger partial charge in [-0.2, -0.15) is 0 Å². The average Bonchev–Trinajstić information content (AvgIpc) is 2.60. The zero-order chi connectivity index (χ0) is 16.9. The summed E-state index contributed by atoms with van der Waals surface area (Å²) in [7, 11) is 0. The van der Waals surface area contributed by atoms with Crippen molar-refractivity contribution in [2.24, 2.45) is 0 Å². The fraction of sp³-hybridized carbons (Fsp3) is 0.500. The number of rotatable bonds is 6. The number of aryl methyl sites for hydroxylation is 2. The van der Waals surface area contributed by atoms with Gasteiger partial charge in [0.15, 0.2) is 0 Å². The molecule has 1 aliphatic heterocycles. The fourth-order valence-electron chi connectivity index (χ4n) is 3.49. The number of anilines is 3. The van der Waals surface area contributed by atoms with E-state index in [1.807, 2.05) is 6.92 Å². The highest BCUT2D eigenvalue weighted by atomic mass is 15.2. The van der Waals surface area contributed by atoms with E-state index in [-0.39, 0.29) is 0 Å². The van der Waals surface area contributed by atoms with Crippen molar-refractivity contribution < 1.29 is 0 Å². The van der Waals surface area contributed by atoms with Crippen molar-refractivity contribution in [2.45, 2.75) is 46.5 Å². The molecule has 128 valence electrons. The van der Waals surface area contributed by atoms with E-state index in [0.29, 0.717) is 0 Å². The first-order valence-corrected chi connectivity index (χ1v) is 9.19. The number of para-hydroxylation sites is 1. The van der Waals surface area contributed by atoms with Crippen molar-refractivity contribution in [1.82, 2.24) is 9.97 Å². The molecule has 1 aromatic heterocycles.